The number of hydrogen-bond acceptors (Lipinski definition) is 4. The van der Waals surface area contributed by atoms with Crippen LogP contribution in [0.1, 0.15) is 0 Å². The van der Waals surface area contributed by atoms with Gasteiger partial charge in [0.05, 0.1) is 23.5 Å². The van der Waals surface area contributed by atoms with E-state index < -0.39 is 0 Å². The number of halogens is 2. The molecule has 0 N–H and O–H groups in total. The Morgan fingerprint density at radius 1 is 1.12 bits per heavy atom. The maximum atomic E-state index is 5.77. The van der Waals surface area contributed by atoms with Crippen molar-refractivity contribution in [2.24, 2.45) is 0 Å². The monoisotopic (exact) mass is 309 g/mol. The predicted molar refractivity (Wildman–Crippen MR) is 67.2 cm³/mol. The first-order valence-electron chi connectivity index (χ1n) is 4.72. The van der Waals surface area contributed by atoms with E-state index >= 15 is 0 Å². The summed E-state index contributed by atoms with van der Waals surface area (Å²) in [4.78, 5) is 12.2. The molecule has 0 aliphatic rings. The van der Waals surface area contributed by atoms with Crippen molar-refractivity contribution < 1.29 is 0 Å². The average Bonchev–Trinajstić information content (AvgIpc) is 2.73. The Labute approximate surface area is 110 Å². The topological polar surface area (TPSA) is 56.5 Å². The third-order valence-corrected chi connectivity index (χ3v) is 2.89. The van der Waals surface area contributed by atoms with Gasteiger partial charge in [0.1, 0.15) is 4.60 Å². The van der Waals surface area contributed by atoms with Crippen molar-refractivity contribution in [1.29, 1.82) is 0 Å². The highest BCUT2D eigenvalue weighted by Gasteiger charge is 2.07. The Morgan fingerprint density at radius 3 is 2.76 bits per heavy atom. The summed E-state index contributed by atoms with van der Waals surface area (Å²) in [5, 5.41) is 5.27. The normalized spacial score (nSPS) is 10.9. The first-order valence-corrected chi connectivity index (χ1v) is 5.89. The quantitative estimate of drug-likeness (QED) is 0.512. The standard InChI is InChI=1S/C10H5BrClN5/c11-8-2-1-7(5-13-8)17-9-6(4-15-17)3-14-10(12)16-9/h1-5H. The zero-order valence-electron chi connectivity index (χ0n) is 8.38. The molecule has 0 aromatic carbocycles. The summed E-state index contributed by atoms with van der Waals surface area (Å²) < 4.78 is 2.44. The van der Waals surface area contributed by atoms with E-state index in [1.54, 1.807) is 23.3 Å². The number of pyridine rings is 1. The fraction of sp³-hybridized carbons (Fsp3) is 0. The van der Waals surface area contributed by atoms with Crippen molar-refractivity contribution in [2.75, 3.05) is 0 Å². The highest BCUT2D eigenvalue weighted by molar-refractivity contribution is 9.10. The molecule has 0 fully saturated rings. The molecule has 0 atom stereocenters. The Hall–Kier alpha value is -1.53. The maximum absolute atomic E-state index is 5.77. The molecule has 3 aromatic rings. The van der Waals surface area contributed by atoms with Gasteiger partial charge in [0, 0.05) is 6.20 Å². The van der Waals surface area contributed by atoms with Crippen molar-refractivity contribution in [3.05, 3.63) is 40.6 Å². The second-order valence-electron chi connectivity index (χ2n) is 3.31. The molecule has 0 saturated carbocycles. The summed E-state index contributed by atoms with van der Waals surface area (Å²) in [6, 6.07) is 3.73. The molecule has 17 heavy (non-hydrogen) atoms. The second-order valence-corrected chi connectivity index (χ2v) is 4.46. The van der Waals surface area contributed by atoms with E-state index in [0.717, 1.165) is 15.7 Å². The minimum atomic E-state index is 0.198. The minimum Gasteiger partial charge on any atom is -0.247 e. The number of rotatable bonds is 1. The van der Waals surface area contributed by atoms with Gasteiger partial charge in [-0.1, -0.05) is 0 Å². The molecule has 0 unspecified atom stereocenters. The zero-order chi connectivity index (χ0) is 11.8. The van der Waals surface area contributed by atoms with Crippen LogP contribution in [0.4, 0.5) is 0 Å². The largest absolute Gasteiger partial charge is 0.247 e. The van der Waals surface area contributed by atoms with Gasteiger partial charge in [0.15, 0.2) is 5.65 Å². The third-order valence-electron chi connectivity index (χ3n) is 2.24. The molecule has 84 valence electrons. The average molecular weight is 311 g/mol. The van der Waals surface area contributed by atoms with Crippen molar-refractivity contribution in [1.82, 2.24) is 24.7 Å². The van der Waals surface area contributed by atoms with Gasteiger partial charge in [-0.15, -0.1) is 0 Å². The lowest BCUT2D eigenvalue weighted by Gasteiger charge is -2.01. The van der Waals surface area contributed by atoms with Crippen LogP contribution >= 0.6 is 27.5 Å². The van der Waals surface area contributed by atoms with E-state index in [-0.39, 0.29) is 5.28 Å². The van der Waals surface area contributed by atoms with E-state index in [4.69, 9.17) is 11.6 Å². The summed E-state index contributed by atoms with van der Waals surface area (Å²) in [6.07, 6.45) is 5.03. The smallest absolute Gasteiger partial charge is 0.224 e. The molecular formula is C10H5BrClN5. The summed E-state index contributed by atoms with van der Waals surface area (Å²) in [6.45, 7) is 0. The van der Waals surface area contributed by atoms with E-state index in [1.807, 2.05) is 12.1 Å². The lowest BCUT2D eigenvalue weighted by Crippen LogP contribution is -1.98. The van der Waals surface area contributed by atoms with Crippen LogP contribution in [0.5, 0.6) is 0 Å². The molecule has 0 spiro atoms. The van der Waals surface area contributed by atoms with E-state index in [1.165, 1.54) is 0 Å². The van der Waals surface area contributed by atoms with Gasteiger partial charge in [-0.05, 0) is 39.7 Å². The number of aromatic nitrogens is 5. The number of fused-ring (bicyclic) bond motifs is 1. The molecule has 3 aromatic heterocycles. The zero-order valence-corrected chi connectivity index (χ0v) is 10.7. The van der Waals surface area contributed by atoms with Crippen LogP contribution in [0.15, 0.2) is 35.3 Å². The van der Waals surface area contributed by atoms with Crippen LogP contribution in [0, 0.1) is 0 Å². The van der Waals surface area contributed by atoms with Gasteiger partial charge < -0.3 is 0 Å². The summed E-state index contributed by atoms with van der Waals surface area (Å²) >= 11 is 9.06. The fourth-order valence-corrected chi connectivity index (χ4v) is 1.84. The van der Waals surface area contributed by atoms with Crippen LogP contribution in [-0.2, 0) is 0 Å². The van der Waals surface area contributed by atoms with Gasteiger partial charge >= 0.3 is 0 Å². The first-order chi connectivity index (χ1) is 8.24. The van der Waals surface area contributed by atoms with Crippen LogP contribution in [0.2, 0.25) is 5.28 Å². The Morgan fingerprint density at radius 2 is 2.00 bits per heavy atom. The molecule has 0 saturated heterocycles. The van der Waals surface area contributed by atoms with Gasteiger partial charge in [-0.25, -0.2) is 14.6 Å². The molecule has 3 rings (SSSR count). The molecule has 0 bridgehead atoms. The van der Waals surface area contributed by atoms with Crippen LogP contribution in [0.3, 0.4) is 0 Å². The van der Waals surface area contributed by atoms with Gasteiger partial charge in [0.2, 0.25) is 5.28 Å². The number of hydrogen-bond donors (Lipinski definition) is 0. The SMILES string of the molecule is Clc1ncc2cnn(-c3ccc(Br)nc3)c2n1. The molecule has 7 heteroatoms. The lowest BCUT2D eigenvalue weighted by atomic mass is 10.4. The third kappa shape index (κ3) is 1.89. The first kappa shape index (κ1) is 10.6. The highest BCUT2D eigenvalue weighted by atomic mass is 79.9. The Balaban J connectivity index is 2.23. The van der Waals surface area contributed by atoms with E-state index in [9.17, 15) is 0 Å². The van der Waals surface area contributed by atoms with E-state index in [2.05, 4.69) is 36.0 Å². The van der Waals surface area contributed by atoms with Crippen LogP contribution in [-0.4, -0.2) is 24.7 Å². The van der Waals surface area contributed by atoms with Gasteiger partial charge in [-0.2, -0.15) is 10.1 Å². The van der Waals surface area contributed by atoms with Crippen molar-refractivity contribution in [2.45, 2.75) is 0 Å². The summed E-state index contributed by atoms with van der Waals surface area (Å²) in [5.41, 5.74) is 1.48. The van der Waals surface area contributed by atoms with Gasteiger partial charge in [0.25, 0.3) is 0 Å². The molecule has 5 nitrogen and oxygen atoms in total. The van der Waals surface area contributed by atoms with Crippen LogP contribution < -0.4 is 0 Å². The molecule has 3 heterocycles. The minimum absolute atomic E-state index is 0.198. The Bertz CT molecular complexity index is 679. The number of nitrogens with zero attached hydrogens (tertiary/aromatic N) is 5. The van der Waals surface area contributed by atoms with Crippen LogP contribution in [0.25, 0.3) is 16.7 Å². The molecule has 0 aliphatic heterocycles. The molecular weight excluding hydrogens is 306 g/mol. The van der Waals surface area contributed by atoms with Crippen molar-refractivity contribution in [3.8, 4) is 5.69 Å². The fourth-order valence-electron chi connectivity index (χ4n) is 1.48. The maximum Gasteiger partial charge on any atom is 0.224 e. The lowest BCUT2D eigenvalue weighted by molar-refractivity contribution is 0.887. The molecule has 0 radical (unpaired) electrons. The highest BCUT2D eigenvalue weighted by Crippen LogP contribution is 2.17. The summed E-state index contributed by atoms with van der Waals surface area (Å²) in [7, 11) is 0. The van der Waals surface area contributed by atoms with E-state index in [0.29, 0.717) is 5.65 Å². The summed E-state index contributed by atoms with van der Waals surface area (Å²) in [5.74, 6) is 0. The molecule has 0 amide bonds. The predicted octanol–water partition coefficient (Wildman–Crippen LogP) is 2.63. The molecule has 0 aliphatic carbocycles. The Kier molecular flexibility index (Phi) is 2.53. The van der Waals surface area contributed by atoms with Crippen molar-refractivity contribution >= 4 is 38.6 Å². The second kappa shape index (κ2) is 4.05. The van der Waals surface area contributed by atoms with Gasteiger partial charge in [-0.3, -0.25) is 0 Å². The van der Waals surface area contributed by atoms with Crippen molar-refractivity contribution in [3.63, 3.8) is 0 Å².